The van der Waals surface area contributed by atoms with Crippen molar-refractivity contribution in [3.63, 3.8) is 0 Å². The van der Waals surface area contributed by atoms with Gasteiger partial charge in [0.15, 0.2) is 5.65 Å². The predicted octanol–water partition coefficient (Wildman–Crippen LogP) is 5.05. The highest BCUT2D eigenvalue weighted by Gasteiger charge is 2.57. The molecule has 6 rings (SSSR count). The van der Waals surface area contributed by atoms with Crippen LogP contribution in [0.15, 0.2) is 42.4 Å². The van der Waals surface area contributed by atoms with Gasteiger partial charge in [-0.1, -0.05) is 31.6 Å². The van der Waals surface area contributed by atoms with E-state index in [-0.39, 0.29) is 11.5 Å². The Morgan fingerprint density at radius 2 is 1.93 bits per heavy atom. The van der Waals surface area contributed by atoms with Crippen LogP contribution in [-0.2, 0) is 0 Å². The molecule has 2 aromatic rings. The molecular formula is C25H31N3O. The lowest BCUT2D eigenvalue weighted by Crippen LogP contribution is -2.49. The fourth-order valence-corrected chi connectivity index (χ4v) is 7.64. The largest absolute Gasteiger partial charge is 0.393 e. The van der Waals surface area contributed by atoms with Gasteiger partial charge < -0.3 is 5.11 Å². The number of hydrogen-bond acceptors (Lipinski definition) is 3. The van der Waals surface area contributed by atoms with Crippen LogP contribution in [0.5, 0.6) is 0 Å². The summed E-state index contributed by atoms with van der Waals surface area (Å²) < 4.78 is 1.91. The summed E-state index contributed by atoms with van der Waals surface area (Å²) >= 11 is 0. The third-order valence-corrected chi connectivity index (χ3v) is 9.23. The Morgan fingerprint density at radius 1 is 1.07 bits per heavy atom. The van der Waals surface area contributed by atoms with Crippen LogP contribution in [0.2, 0.25) is 0 Å². The van der Waals surface area contributed by atoms with Crippen LogP contribution in [0, 0.1) is 28.6 Å². The highest BCUT2D eigenvalue weighted by Crippen LogP contribution is 2.66. The number of hydrogen-bond donors (Lipinski definition) is 1. The molecule has 0 radical (unpaired) electrons. The second kappa shape index (κ2) is 6.04. The molecule has 4 aliphatic carbocycles. The summed E-state index contributed by atoms with van der Waals surface area (Å²) in [5, 5.41) is 14.8. The Bertz CT molecular complexity index is 1040. The first-order valence-corrected chi connectivity index (χ1v) is 11.4. The lowest BCUT2D eigenvalue weighted by atomic mass is 9.47. The molecule has 0 bridgehead atoms. The van der Waals surface area contributed by atoms with E-state index >= 15 is 0 Å². The summed E-state index contributed by atoms with van der Waals surface area (Å²) in [4.78, 5) is 4.63. The summed E-state index contributed by atoms with van der Waals surface area (Å²) in [5.41, 5.74) is 5.78. The fraction of sp³-hybridized carbons (Fsp3) is 0.600. The smallest absolute Gasteiger partial charge is 0.162 e. The number of aliphatic hydroxyl groups excluding tert-OH is 1. The number of fused-ring (bicyclic) bond motifs is 6. The molecule has 29 heavy (non-hydrogen) atoms. The zero-order chi connectivity index (χ0) is 19.8. The maximum Gasteiger partial charge on any atom is 0.162 e. The van der Waals surface area contributed by atoms with Crippen LogP contribution in [0.1, 0.15) is 64.4 Å². The number of nitrogens with zero attached hydrogens (tertiary/aromatic N) is 3. The van der Waals surface area contributed by atoms with Crippen molar-refractivity contribution in [1.82, 2.24) is 14.6 Å². The molecule has 6 atom stereocenters. The number of rotatable bonds is 1. The van der Waals surface area contributed by atoms with Crippen LogP contribution in [0.3, 0.4) is 0 Å². The maximum atomic E-state index is 10.2. The third kappa shape index (κ3) is 2.35. The Kier molecular flexibility index (Phi) is 3.72. The summed E-state index contributed by atoms with van der Waals surface area (Å²) in [5.74, 6) is 2.22. The predicted molar refractivity (Wildman–Crippen MR) is 114 cm³/mol. The van der Waals surface area contributed by atoms with Gasteiger partial charge >= 0.3 is 0 Å². The molecule has 4 heteroatoms. The van der Waals surface area contributed by atoms with Crippen LogP contribution < -0.4 is 0 Å². The molecule has 0 aromatic carbocycles. The molecule has 2 aromatic heterocycles. The fourth-order valence-electron chi connectivity index (χ4n) is 7.64. The van der Waals surface area contributed by atoms with Crippen molar-refractivity contribution in [2.24, 2.45) is 28.6 Å². The van der Waals surface area contributed by atoms with Gasteiger partial charge in [-0.25, -0.2) is 9.50 Å². The van der Waals surface area contributed by atoms with E-state index in [1.54, 1.807) is 5.57 Å². The van der Waals surface area contributed by atoms with Gasteiger partial charge in [0.1, 0.15) is 0 Å². The van der Waals surface area contributed by atoms with Crippen LogP contribution in [-0.4, -0.2) is 25.8 Å². The van der Waals surface area contributed by atoms with Crippen LogP contribution in [0.4, 0.5) is 0 Å². The topological polar surface area (TPSA) is 50.4 Å². The normalized spacial score (nSPS) is 41.3. The molecule has 0 amide bonds. The summed E-state index contributed by atoms with van der Waals surface area (Å²) in [7, 11) is 0. The van der Waals surface area contributed by atoms with E-state index < -0.39 is 0 Å². The first-order chi connectivity index (χ1) is 14.0. The number of aromatic nitrogens is 3. The first-order valence-electron chi connectivity index (χ1n) is 11.4. The zero-order valence-electron chi connectivity index (χ0n) is 17.5. The quantitative estimate of drug-likeness (QED) is 0.695. The molecule has 1 N–H and O–H groups in total. The van der Waals surface area contributed by atoms with Gasteiger partial charge in [0.25, 0.3) is 0 Å². The minimum absolute atomic E-state index is 0.123. The van der Waals surface area contributed by atoms with Crippen molar-refractivity contribution in [3.8, 4) is 0 Å². The SMILES string of the molecule is CC12CCC(O)CC1=CCC1C2CCC2(C)C(c3cnn4cccnc34)=CCC12. The Balaban J connectivity index is 1.36. The lowest BCUT2D eigenvalue weighted by molar-refractivity contribution is -0.0237. The van der Waals surface area contributed by atoms with Crippen LogP contribution >= 0.6 is 0 Å². The van der Waals surface area contributed by atoms with E-state index in [1.807, 2.05) is 29.2 Å². The highest BCUT2D eigenvalue weighted by molar-refractivity contribution is 5.80. The van der Waals surface area contributed by atoms with Gasteiger partial charge in [0.2, 0.25) is 0 Å². The van der Waals surface area contributed by atoms with Crippen molar-refractivity contribution < 1.29 is 5.11 Å². The maximum absolute atomic E-state index is 10.2. The summed E-state index contributed by atoms with van der Waals surface area (Å²) in [6.07, 6.45) is 18.7. The van der Waals surface area contributed by atoms with E-state index in [9.17, 15) is 5.11 Å². The molecule has 2 saturated carbocycles. The van der Waals surface area contributed by atoms with E-state index in [1.165, 1.54) is 36.8 Å². The molecule has 6 unspecified atom stereocenters. The molecule has 0 saturated heterocycles. The van der Waals surface area contributed by atoms with Gasteiger partial charge in [-0.15, -0.1) is 0 Å². The van der Waals surface area contributed by atoms with Gasteiger partial charge in [-0.3, -0.25) is 0 Å². The number of allylic oxidation sites excluding steroid dienone is 3. The van der Waals surface area contributed by atoms with Gasteiger partial charge in [-0.2, -0.15) is 5.10 Å². The molecule has 0 aliphatic heterocycles. The van der Waals surface area contributed by atoms with Crippen molar-refractivity contribution in [2.75, 3.05) is 0 Å². The van der Waals surface area contributed by atoms with E-state index in [4.69, 9.17) is 0 Å². The summed E-state index contributed by atoms with van der Waals surface area (Å²) in [6.45, 7) is 5.01. The molecule has 0 spiro atoms. The van der Waals surface area contributed by atoms with E-state index in [0.717, 1.165) is 36.7 Å². The minimum atomic E-state index is -0.123. The third-order valence-electron chi connectivity index (χ3n) is 9.23. The minimum Gasteiger partial charge on any atom is -0.393 e. The molecule has 2 fully saturated rings. The highest BCUT2D eigenvalue weighted by atomic mass is 16.3. The molecule has 152 valence electrons. The van der Waals surface area contributed by atoms with E-state index in [2.05, 4.69) is 36.1 Å². The van der Waals surface area contributed by atoms with Crippen LogP contribution in [0.25, 0.3) is 11.2 Å². The second-order valence-electron chi connectivity index (χ2n) is 10.4. The zero-order valence-corrected chi connectivity index (χ0v) is 17.5. The molecule has 2 heterocycles. The summed E-state index contributed by atoms with van der Waals surface area (Å²) in [6, 6.07) is 1.94. The van der Waals surface area contributed by atoms with Crippen molar-refractivity contribution in [2.45, 2.75) is 64.9 Å². The van der Waals surface area contributed by atoms with Crippen molar-refractivity contribution in [3.05, 3.63) is 47.9 Å². The molecular weight excluding hydrogens is 358 g/mol. The average Bonchev–Trinajstić information content (AvgIpc) is 3.29. The molecule has 4 aliphatic rings. The number of aliphatic hydroxyl groups is 1. The van der Waals surface area contributed by atoms with Crippen molar-refractivity contribution in [1.29, 1.82) is 0 Å². The Labute approximate surface area is 172 Å². The first kappa shape index (κ1) is 17.9. The Hall–Kier alpha value is -1.94. The molecule has 4 nitrogen and oxygen atoms in total. The monoisotopic (exact) mass is 389 g/mol. The van der Waals surface area contributed by atoms with Gasteiger partial charge in [0, 0.05) is 18.0 Å². The second-order valence-corrected chi connectivity index (χ2v) is 10.4. The Morgan fingerprint density at radius 3 is 2.83 bits per heavy atom. The standard InChI is InChI=1S/C25H31N3O/c1-24-10-8-17(29)14-16(24)4-5-18-20-6-7-21(25(20,2)11-9-22(18)24)19-15-27-28-13-3-12-26-23(19)28/h3-4,7,12-13,15,17-18,20,22,29H,5-6,8-11,14H2,1-2H3. The van der Waals surface area contributed by atoms with Gasteiger partial charge in [-0.05, 0) is 85.2 Å². The lowest BCUT2D eigenvalue weighted by Gasteiger charge is -2.57. The van der Waals surface area contributed by atoms with Gasteiger partial charge in [0.05, 0.1) is 12.3 Å². The average molecular weight is 390 g/mol. The van der Waals surface area contributed by atoms with Crippen molar-refractivity contribution >= 4 is 11.2 Å². The van der Waals surface area contributed by atoms with E-state index in [0.29, 0.717) is 11.3 Å².